The molecule has 0 radical (unpaired) electrons. The number of aryl methyl sites for hydroxylation is 1. The zero-order valence-corrected chi connectivity index (χ0v) is 10.3. The van der Waals surface area contributed by atoms with Crippen molar-refractivity contribution in [3.63, 3.8) is 0 Å². The van der Waals surface area contributed by atoms with E-state index in [4.69, 9.17) is 5.11 Å². The summed E-state index contributed by atoms with van der Waals surface area (Å²) in [5.74, 6) is 2.35. The fraction of sp³-hybridized carbons (Fsp3) is 0.636. The number of rotatable bonds is 5. The Morgan fingerprint density at radius 3 is 2.44 bits per heavy atom. The van der Waals surface area contributed by atoms with Crippen LogP contribution < -0.4 is 10.6 Å². The van der Waals surface area contributed by atoms with Crippen molar-refractivity contribution in [3.05, 3.63) is 11.4 Å². The average Bonchev–Trinajstić information content (AvgIpc) is 2.25. The first-order chi connectivity index (χ1) is 7.58. The molecule has 0 spiro atoms. The topological polar surface area (TPSA) is 70.1 Å². The molecule has 0 aliphatic rings. The van der Waals surface area contributed by atoms with E-state index in [1.807, 2.05) is 27.7 Å². The van der Waals surface area contributed by atoms with Gasteiger partial charge in [0.05, 0.1) is 6.61 Å². The van der Waals surface area contributed by atoms with Crippen molar-refractivity contribution >= 4 is 11.6 Å². The minimum Gasteiger partial charge on any atom is -0.394 e. The predicted molar refractivity (Wildman–Crippen MR) is 65.8 cm³/mol. The third-order valence-corrected chi connectivity index (χ3v) is 2.26. The zero-order chi connectivity index (χ0) is 12.1. The molecule has 0 aromatic carbocycles. The molecule has 1 aromatic rings. The summed E-state index contributed by atoms with van der Waals surface area (Å²) in [5, 5.41) is 15.4. The van der Waals surface area contributed by atoms with Gasteiger partial charge in [-0.15, -0.1) is 0 Å². The van der Waals surface area contributed by atoms with Crippen LogP contribution in [0.15, 0.2) is 0 Å². The maximum absolute atomic E-state index is 9.01. The van der Waals surface area contributed by atoms with Crippen molar-refractivity contribution in [3.8, 4) is 0 Å². The first kappa shape index (κ1) is 12.7. The Morgan fingerprint density at radius 2 is 1.88 bits per heavy atom. The molecule has 90 valence electrons. The summed E-state index contributed by atoms with van der Waals surface area (Å²) in [6.45, 7) is 8.66. The Labute approximate surface area is 96.3 Å². The van der Waals surface area contributed by atoms with E-state index in [2.05, 4.69) is 20.6 Å². The number of aromatic nitrogens is 2. The number of nitrogens with zero attached hydrogens (tertiary/aromatic N) is 2. The number of hydrogen-bond acceptors (Lipinski definition) is 5. The molecule has 5 nitrogen and oxygen atoms in total. The van der Waals surface area contributed by atoms with Gasteiger partial charge in [-0.1, -0.05) is 0 Å². The molecule has 0 bridgehead atoms. The molecule has 0 amide bonds. The molecule has 1 heterocycles. The fourth-order valence-corrected chi connectivity index (χ4v) is 1.39. The van der Waals surface area contributed by atoms with Gasteiger partial charge >= 0.3 is 0 Å². The molecule has 1 rings (SSSR count). The zero-order valence-electron chi connectivity index (χ0n) is 10.3. The Balaban J connectivity index is 2.99. The SMILES string of the molecule is CCNc1nc(C)nc(NC(C)CO)c1C. The van der Waals surface area contributed by atoms with E-state index >= 15 is 0 Å². The highest BCUT2D eigenvalue weighted by atomic mass is 16.3. The van der Waals surface area contributed by atoms with Gasteiger partial charge in [0.15, 0.2) is 0 Å². The molecular weight excluding hydrogens is 204 g/mol. The van der Waals surface area contributed by atoms with Gasteiger partial charge in [0, 0.05) is 18.2 Å². The second-order valence-corrected chi connectivity index (χ2v) is 3.85. The van der Waals surface area contributed by atoms with Gasteiger partial charge in [-0.2, -0.15) is 0 Å². The number of hydrogen-bond donors (Lipinski definition) is 3. The second kappa shape index (κ2) is 5.65. The van der Waals surface area contributed by atoms with E-state index < -0.39 is 0 Å². The quantitative estimate of drug-likeness (QED) is 0.703. The molecule has 0 saturated heterocycles. The van der Waals surface area contributed by atoms with Crippen LogP contribution in [0.1, 0.15) is 25.2 Å². The number of anilines is 2. The largest absolute Gasteiger partial charge is 0.394 e. The summed E-state index contributed by atoms with van der Waals surface area (Å²) in [5.41, 5.74) is 0.979. The van der Waals surface area contributed by atoms with Crippen LogP contribution in [0, 0.1) is 13.8 Å². The van der Waals surface area contributed by atoms with Crippen LogP contribution in [0.2, 0.25) is 0 Å². The van der Waals surface area contributed by atoms with Crippen molar-refractivity contribution in [1.29, 1.82) is 0 Å². The third-order valence-electron chi connectivity index (χ3n) is 2.26. The molecular formula is C11H20N4O. The van der Waals surface area contributed by atoms with E-state index in [1.54, 1.807) is 0 Å². The number of aliphatic hydroxyl groups excluding tert-OH is 1. The maximum atomic E-state index is 9.01. The van der Waals surface area contributed by atoms with Crippen LogP contribution >= 0.6 is 0 Å². The van der Waals surface area contributed by atoms with Gasteiger partial charge in [0.25, 0.3) is 0 Å². The summed E-state index contributed by atoms with van der Waals surface area (Å²) in [7, 11) is 0. The van der Waals surface area contributed by atoms with Gasteiger partial charge in [-0.3, -0.25) is 0 Å². The van der Waals surface area contributed by atoms with Gasteiger partial charge in [0.1, 0.15) is 17.5 Å². The summed E-state index contributed by atoms with van der Waals surface area (Å²) < 4.78 is 0. The maximum Gasteiger partial charge on any atom is 0.135 e. The summed E-state index contributed by atoms with van der Waals surface area (Å²) in [4.78, 5) is 8.66. The highest BCUT2D eigenvalue weighted by Crippen LogP contribution is 2.20. The van der Waals surface area contributed by atoms with Crippen LogP contribution in [0.5, 0.6) is 0 Å². The van der Waals surface area contributed by atoms with Crippen LogP contribution in [-0.2, 0) is 0 Å². The summed E-state index contributed by atoms with van der Waals surface area (Å²) in [6.07, 6.45) is 0. The lowest BCUT2D eigenvalue weighted by atomic mass is 10.2. The molecule has 5 heteroatoms. The van der Waals surface area contributed by atoms with Gasteiger partial charge in [-0.05, 0) is 27.7 Å². The van der Waals surface area contributed by atoms with Crippen molar-refractivity contribution in [2.45, 2.75) is 33.7 Å². The Bertz CT molecular complexity index is 354. The summed E-state index contributed by atoms with van der Waals surface area (Å²) >= 11 is 0. The molecule has 1 aromatic heterocycles. The van der Waals surface area contributed by atoms with E-state index in [1.165, 1.54) is 0 Å². The normalized spacial score (nSPS) is 12.3. The Morgan fingerprint density at radius 1 is 1.25 bits per heavy atom. The van der Waals surface area contributed by atoms with E-state index in [-0.39, 0.29) is 12.6 Å². The predicted octanol–water partition coefficient (Wildman–Crippen LogP) is 1.32. The lowest BCUT2D eigenvalue weighted by molar-refractivity contribution is 0.281. The first-order valence-corrected chi connectivity index (χ1v) is 5.55. The highest BCUT2D eigenvalue weighted by Gasteiger charge is 2.10. The number of nitrogens with one attached hydrogen (secondary N) is 2. The third kappa shape index (κ3) is 3.06. The van der Waals surface area contributed by atoms with E-state index in [9.17, 15) is 0 Å². The van der Waals surface area contributed by atoms with Crippen LogP contribution in [0.25, 0.3) is 0 Å². The first-order valence-electron chi connectivity index (χ1n) is 5.55. The minimum absolute atomic E-state index is 0.0116. The van der Waals surface area contributed by atoms with Gasteiger partial charge < -0.3 is 15.7 Å². The van der Waals surface area contributed by atoms with Crippen LogP contribution in [-0.4, -0.2) is 34.3 Å². The molecule has 0 aliphatic heterocycles. The standard InChI is InChI=1S/C11H20N4O/c1-5-12-10-8(3)11(13-7(2)6-16)15-9(4)14-10/h7,16H,5-6H2,1-4H3,(H2,12,13,14,15). The highest BCUT2D eigenvalue weighted by molar-refractivity contribution is 5.57. The van der Waals surface area contributed by atoms with Crippen molar-refractivity contribution < 1.29 is 5.11 Å². The molecule has 1 atom stereocenters. The molecule has 0 fully saturated rings. The van der Waals surface area contributed by atoms with E-state index in [0.717, 1.165) is 23.7 Å². The minimum atomic E-state index is -0.0116. The fourth-order valence-electron chi connectivity index (χ4n) is 1.39. The molecule has 3 N–H and O–H groups in total. The van der Waals surface area contributed by atoms with Crippen molar-refractivity contribution in [1.82, 2.24) is 9.97 Å². The lowest BCUT2D eigenvalue weighted by Gasteiger charge is -2.16. The van der Waals surface area contributed by atoms with Crippen LogP contribution in [0.4, 0.5) is 11.6 Å². The van der Waals surface area contributed by atoms with Crippen molar-refractivity contribution in [2.24, 2.45) is 0 Å². The number of aliphatic hydroxyl groups is 1. The van der Waals surface area contributed by atoms with Crippen molar-refractivity contribution in [2.75, 3.05) is 23.8 Å². The lowest BCUT2D eigenvalue weighted by Crippen LogP contribution is -2.21. The Kier molecular flexibility index (Phi) is 4.49. The van der Waals surface area contributed by atoms with E-state index in [0.29, 0.717) is 5.82 Å². The molecule has 0 aliphatic carbocycles. The molecule has 1 unspecified atom stereocenters. The second-order valence-electron chi connectivity index (χ2n) is 3.85. The van der Waals surface area contributed by atoms with Gasteiger partial charge in [-0.25, -0.2) is 9.97 Å². The van der Waals surface area contributed by atoms with Crippen LogP contribution in [0.3, 0.4) is 0 Å². The Hall–Kier alpha value is -1.36. The smallest absolute Gasteiger partial charge is 0.135 e. The summed E-state index contributed by atoms with van der Waals surface area (Å²) in [6, 6.07) is -0.0116. The average molecular weight is 224 g/mol. The molecule has 16 heavy (non-hydrogen) atoms. The molecule has 0 saturated carbocycles. The monoisotopic (exact) mass is 224 g/mol. The van der Waals surface area contributed by atoms with Gasteiger partial charge in [0.2, 0.25) is 0 Å².